The van der Waals surface area contributed by atoms with Gasteiger partial charge in [0.15, 0.2) is 11.7 Å². The maximum absolute atomic E-state index is 5.38. The van der Waals surface area contributed by atoms with Gasteiger partial charge < -0.3 is 19.9 Å². The molecule has 0 bridgehead atoms. The number of guanidine groups is 1. The van der Waals surface area contributed by atoms with Gasteiger partial charge in [-0.1, -0.05) is 35.5 Å². The van der Waals surface area contributed by atoms with Crippen molar-refractivity contribution in [1.29, 1.82) is 0 Å². The molecule has 0 amide bonds. The molecule has 0 aliphatic rings. The molecule has 0 radical (unpaired) electrons. The van der Waals surface area contributed by atoms with E-state index in [1.54, 1.807) is 7.11 Å². The average molecular weight is 444 g/mol. The molecule has 0 saturated carbocycles. The van der Waals surface area contributed by atoms with Gasteiger partial charge >= 0.3 is 0 Å². The first-order chi connectivity index (χ1) is 11.3. The van der Waals surface area contributed by atoms with Crippen molar-refractivity contribution in [1.82, 2.24) is 15.8 Å². The minimum atomic E-state index is 0. The van der Waals surface area contributed by atoms with Crippen molar-refractivity contribution >= 4 is 29.9 Å². The number of aromatic nitrogens is 1. The first-order valence-electron chi connectivity index (χ1n) is 7.85. The number of aliphatic imine (C=N–C) groups is 1. The van der Waals surface area contributed by atoms with Gasteiger partial charge in [-0.3, -0.25) is 0 Å². The van der Waals surface area contributed by atoms with E-state index in [0.717, 1.165) is 49.1 Å². The second-order valence-corrected chi connectivity index (χ2v) is 5.02. The molecule has 1 aromatic carbocycles. The van der Waals surface area contributed by atoms with Crippen molar-refractivity contribution in [2.45, 2.75) is 19.9 Å². The van der Waals surface area contributed by atoms with E-state index in [-0.39, 0.29) is 24.0 Å². The van der Waals surface area contributed by atoms with Crippen LogP contribution in [0.1, 0.15) is 19.0 Å². The van der Waals surface area contributed by atoms with Crippen molar-refractivity contribution in [2.24, 2.45) is 4.99 Å². The number of hydrogen-bond donors (Lipinski definition) is 2. The Morgan fingerprint density at radius 3 is 2.75 bits per heavy atom. The van der Waals surface area contributed by atoms with Crippen molar-refractivity contribution in [3.63, 3.8) is 0 Å². The van der Waals surface area contributed by atoms with E-state index < -0.39 is 0 Å². The highest BCUT2D eigenvalue weighted by Crippen LogP contribution is 2.19. The monoisotopic (exact) mass is 444 g/mol. The van der Waals surface area contributed by atoms with Crippen LogP contribution in [0.3, 0.4) is 0 Å². The summed E-state index contributed by atoms with van der Waals surface area (Å²) in [4.78, 5) is 4.52. The highest BCUT2D eigenvalue weighted by Gasteiger charge is 2.06. The molecule has 2 rings (SSSR count). The summed E-state index contributed by atoms with van der Waals surface area (Å²) < 4.78 is 10.4. The van der Waals surface area contributed by atoms with Crippen molar-refractivity contribution in [3.8, 4) is 11.3 Å². The molecule has 0 aliphatic carbocycles. The smallest absolute Gasteiger partial charge is 0.191 e. The van der Waals surface area contributed by atoms with Crippen molar-refractivity contribution in [2.75, 3.05) is 26.8 Å². The summed E-state index contributed by atoms with van der Waals surface area (Å²) in [6.45, 7) is 4.86. The van der Waals surface area contributed by atoms with Crippen LogP contribution in [0.5, 0.6) is 0 Å². The van der Waals surface area contributed by atoms with Crippen LogP contribution >= 0.6 is 24.0 Å². The molecule has 1 heterocycles. The molecular weight excluding hydrogens is 419 g/mol. The molecular formula is C17H25IN4O2. The number of nitrogens with one attached hydrogen (secondary N) is 2. The fourth-order valence-corrected chi connectivity index (χ4v) is 2.05. The van der Waals surface area contributed by atoms with E-state index in [9.17, 15) is 0 Å². The van der Waals surface area contributed by atoms with Crippen molar-refractivity contribution in [3.05, 3.63) is 42.1 Å². The number of rotatable bonds is 8. The fourth-order valence-electron chi connectivity index (χ4n) is 2.05. The summed E-state index contributed by atoms with van der Waals surface area (Å²) in [5.41, 5.74) is 1.82. The molecule has 132 valence electrons. The topological polar surface area (TPSA) is 71.7 Å². The molecule has 0 saturated heterocycles. The summed E-state index contributed by atoms with van der Waals surface area (Å²) in [5.74, 6) is 1.53. The van der Waals surface area contributed by atoms with E-state index in [0.29, 0.717) is 6.54 Å². The first-order valence-corrected chi connectivity index (χ1v) is 7.85. The lowest BCUT2D eigenvalue weighted by atomic mass is 10.2. The van der Waals surface area contributed by atoms with E-state index in [2.05, 4.69) is 20.8 Å². The molecule has 0 unspecified atom stereocenters. The zero-order chi connectivity index (χ0) is 16.3. The zero-order valence-corrected chi connectivity index (χ0v) is 16.4. The number of nitrogens with zero attached hydrogens (tertiary/aromatic N) is 2. The lowest BCUT2D eigenvalue weighted by Gasteiger charge is -2.10. The van der Waals surface area contributed by atoms with Gasteiger partial charge in [-0.15, -0.1) is 24.0 Å². The van der Waals surface area contributed by atoms with Crippen LogP contribution in [0.25, 0.3) is 11.3 Å². The molecule has 6 nitrogen and oxygen atoms in total. The van der Waals surface area contributed by atoms with Crippen LogP contribution < -0.4 is 10.6 Å². The van der Waals surface area contributed by atoms with Gasteiger partial charge in [0, 0.05) is 38.4 Å². The number of methoxy groups -OCH3 is 1. The third-order valence-electron chi connectivity index (χ3n) is 3.18. The molecule has 2 N–H and O–H groups in total. The lowest BCUT2D eigenvalue weighted by Crippen LogP contribution is -2.38. The Balaban J connectivity index is 0.00000288. The molecule has 7 heteroatoms. The highest BCUT2D eigenvalue weighted by molar-refractivity contribution is 14.0. The van der Waals surface area contributed by atoms with E-state index in [1.807, 2.05) is 43.3 Å². The Bertz CT molecular complexity index is 602. The molecule has 1 aromatic heterocycles. The number of ether oxygens (including phenoxy) is 1. The van der Waals surface area contributed by atoms with Gasteiger partial charge in [-0.2, -0.15) is 0 Å². The Morgan fingerprint density at radius 1 is 1.25 bits per heavy atom. The second-order valence-electron chi connectivity index (χ2n) is 5.02. The van der Waals surface area contributed by atoms with Crippen LogP contribution in [0.4, 0.5) is 0 Å². The van der Waals surface area contributed by atoms with Gasteiger partial charge in [-0.05, 0) is 13.3 Å². The summed E-state index contributed by atoms with van der Waals surface area (Å²) in [5, 5.41) is 10.5. The van der Waals surface area contributed by atoms with Crippen LogP contribution in [0.2, 0.25) is 0 Å². The lowest BCUT2D eigenvalue weighted by molar-refractivity contribution is 0.195. The maximum Gasteiger partial charge on any atom is 0.191 e. The van der Waals surface area contributed by atoms with Gasteiger partial charge in [0.2, 0.25) is 0 Å². The zero-order valence-electron chi connectivity index (χ0n) is 14.1. The minimum absolute atomic E-state index is 0. The quantitative estimate of drug-likeness (QED) is 0.284. The summed E-state index contributed by atoms with van der Waals surface area (Å²) in [7, 11) is 1.70. The molecule has 0 spiro atoms. The second kappa shape index (κ2) is 11.9. The van der Waals surface area contributed by atoms with Crippen LogP contribution in [-0.4, -0.2) is 37.9 Å². The Kier molecular flexibility index (Phi) is 10.1. The Labute approximate surface area is 160 Å². The predicted molar refractivity (Wildman–Crippen MR) is 107 cm³/mol. The molecule has 24 heavy (non-hydrogen) atoms. The van der Waals surface area contributed by atoms with Gasteiger partial charge in [0.05, 0.1) is 6.54 Å². The van der Waals surface area contributed by atoms with Gasteiger partial charge in [0.25, 0.3) is 0 Å². The SMILES string of the molecule is CCNC(=NCc1cc(-c2ccccc2)on1)NCCCOC.I. The number of benzene rings is 1. The first kappa shape index (κ1) is 20.4. The summed E-state index contributed by atoms with van der Waals surface area (Å²) in [6, 6.07) is 11.8. The van der Waals surface area contributed by atoms with Gasteiger partial charge in [-0.25, -0.2) is 4.99 Å². The van der Waals surface area contributed by atoms with Gasteiger partial charge in [0.1, 0.15) is 5.69 Å². The van der Waals surface area contributed by atoms with E-state index in [1.165, 1.54) is 0 Å². The molecule has 0 atom stereocenters. The molecule has 0 aliphatic heterocycles. The normalized spacial score (nSPS) is 11.0. The van der Waals surface area contributed by atoms with Crippen molar-refractivity contribution < 1.29 is 9.26 Å². The largest absolute Gasteiger partial charge is 0.385 e. The average Bonchev–Trinajstić information content (AvgIpc) is 3.06. The third kappa shape index (κ3) is 6.88. The standard InChI is InChI=1S/C17H24N4O2.HI/c1-3-18-17(19-10-7-11-22-2)20-13-15-12-16(23-21-15)14-8-5-4-6-9-14;/h4-6,8-9,12H,3,7,10-11,13H2,1-2H3,(H2,18,19,20);1H. The predicted octanol–water partition coefficient (Wildman–Crippen LogP) is 3.05. The van der Waals surface area contributed by atoms with E-state index >= 15 is 0 Å². The minimum Gasteiger partial charge on any atom is -0.385 e. The molecule has 0 fully saturated rings. The van der Waals surface area contributed by atoms with Crippen LogP contribution in [0.15, 0.2) is 45.9 Å². The highest BCUT2D eigenvalue weighted by atomic mass is 127. The molecule has 2 aromatic rings. The van der Waals surface area contributed by atoms with E-state index in [4.69, 9.17) is 9.26 Å². The Hall–Kier alpha value is -1.61. The number of halogens is 1. The Morgan fingerprint density at radius 2 is 2.04 bits per heavy atom. The number of hydrogen-bond acceptors (Lipinski definition) is 4. The van der Waals surface area contributed by atoms with Crippen LogP contribution in [-0.2, 0) is 11.3 Å². The third-order valence-corrected chi connectivity index (χ3v) is 3.18. The van der Waals surface area contributed by atoms with Crippen LogP contribution in [0, 0.1) is 0 Å². The summed E-state index contributed by atoms with van der Waals surface area (Å²) in [6.07, 6.45) is 0.934. The fraction of sp³-hybridized carbons (Fsp3) is 0.412. The maximum atomic E-state index is 5.38. The summed E-state index contributed by atoms with van der Waals surface area (Å²) >= 11 is 0.